The third-order valence-corrected chi connectivity index (χ3v) is 5.17. The Morgan fingerprint density at radius 1 is 1.27 bits per heavy atom. The van der Waals surface area contributed by atoms with E-state index in [0.29, 0.717) is 17.9 Å². The van der Waals surface area contributed by atoms with Crippen molar-refractivity contribution in [3.05, 3.63) is 0 Å². The Kier molecular flexibility index (Phi) is 3.23. The van der Waals surface area contributed by atoms with Gasteiger partial charge in [-0.1, -0.05) is 27.7 Å². The highest BCUT2D eigenvalue weighted by molar-refractivity contribution is 7.88. The summed E-state index contributed by atoms with van der Waals surface area (Å²) in [6, 6.07) is 0. The smallest absolute Gasteiger partial charge is 0.208 e. The van der Waals surface area contributed by atoms with Gasteiger partial charge in [0.25, 0.3) is 0 Å². The van der Waals surface area contributed by atoms with Gasteiger partial charge in [-0.15, -0.1) is 0 Å². The molecule has 15 heavy (non-hydrogen) atoms. The van der Waals surface area contributed by atoms with E-state index in [1.807, 2.05) is 0 Å². The first-order chi connectivity index (χ1) is 6.56. The summed E-state index contributed by atoms with van der Waals surface area (Å²) in [5.41, 5.74) is 0.502. The molecule has 1 fully saturated rings. The second-order valence-electron chi connectivity index (χ2n) is 5.96. The van der Waals surface area contributed by atoms with Crippen LogP contribution in [0.3, 0.4) is 0 Å². The van der Waals surface area contributed by atoms with E-state index in [9.17, 15) is 8.42 Å². The van der Waals surface area contributed by atoms with Crippen LogP contribution < -0.4 is 4.72 Å². The molecule has 1 rings (SSSR count). The molecular formula is C11H23NO2S. The summed E-state index contributed by atoms with van der Waals surface area (Å²) in [7, 11) is -3.05. The molecule has 0 aliphatic heterocycles. The molecule has 0 aromatic heterocycles. The van der Waals surface area contributed by atoms with E-state index in [2.05, 4.69) is 32.4 Å². The molecule has 1 aliphatic rings. The van der Waals surface area contributed by atoms with Crippen molar-refractivity contribution < 1.29 is 8.42 Å². The fourth-order valence-corrected chi connectivity index (χ4v) is 2.88. The molecule has 0 radical (unpaired) electrons. The number of rotatable bonds is 3. The van der Waals surface area contributed by atoms with Crippen molar-refractivity contribution in [2.75, 3.05) is 12.8 Å². The minimum absolute atomic E-state index is 0.199. The SMILES string of the molecule is CC1(C)CC[C@H](CNS(C)(=O)=O)C1(C)C. The van der Waals surface area contributed by atoms with Crippen LogP contribution in [0, 0.1) is 16.7 Å². The van der Waals surface area contributed by atoms with Crippen molar-refractivity contribution in [2.24, 2.45) is 16.7 Å². The summed E-state index contributed by atoms with van der Waals surface area (Å²) in [5.74, 6) is 0.447. The predicted octanol–water partition coefficient (Wildman–Crippen LogP) is 2.00. The van der Waals surface area contributed by atoms with E-state index in [1.165, 1.54) is 12.7 Å². The topological polar surface area (TPSA) is 46.2 Å². The monoisotopic (exact) mass is 233 g/mol. The van der Waals surface area contributed by atoms with Gasteiger partial charge in [0.15, 0.2) is 0 Å². The maximum absolute atomic E-state index is 11.0. The highest BCUT2D eigenvalue weighted by Crippen LogP contribution is 2.55. The Labute approximate surface area is 93.7 Å². The summed E-state index contributed by atoms with van der Waals surface area (Å²) in [6.45, 7) is 9.61. The second kappa shape index (κ2) is 3.74. The van der Waals surface area contributed by atoms with Gasteiger partial charge in [0.05, 0.1) is 6.26 Å². The predicted molar refractivity (Wildman–Crippen MR) is 63.1 cm³/mol. The lowest BCUT2D eigenvalue weighted by molar-refractivity contribution is 0.109. The zero-order valence-electron chi connectivity index (χ0n) is 10.4. The lowest BCUT2D eigenvalue weighted by Crippen LogP contribution is -2.38. The molecule has 0 spiro atoms. The summed E-state index contributed by atoms with van der Waals surface area (Å²) >= 11 is 0. The van der Waals surface area contributed by atoms with Crippen molar-refractivity contribution >= 4 is 10.0 Å². The average molecular weight is 233 g/mol. The highest BCUT2D eigenvalue weighted by atomic mass is 32.2. The van der Waals surface area contributed by atoms with E-state index in [4.69, 9.17) is 0 Å². The van der Waals surface area contributed by atoms with Crippen LogP contribution in [0.15, 0.2) is 0 Å². The number of nitrogens with one attached hydrogen (secondary N) is 1. The van der Waals surface area contributed by atoms with Crippen molar-refractivity contribution in [3.8, 4) is 0 Å². The van der Waals surface area contributed by atoms with Gasteiger partial charge in [-0.3, -0.25) is 0 Å². The quantitative estimate of drug-likeness (QED) is 0.810. The lowest BCUT2D eigenvalue weighted by atomic mass is 9.67. The number of hydrogen-bond acceptors (Lipinski definition) is 2. The van der Waals surface area contributed by atoms with Crippen molar-refractivity contribution in [2.45, 2.75) is 40.5 Å². The third-order valence-electron chi connectivity index (χ3n) is 4.47. The zero-order chi connectivity index (χ0) is 11.9. The molecule has 90 valence electrons. The van der Waals surface area contributed by atoms with Crippen molar-refractivity contribution in [3.63, 3.8) is 0 Å². The molecule has 0 bridgehead atoms. The van der Waals surface area contributed by atoms with Gasteiger partial charge < -0.3 is 0 Å². The van der Waals surface area contributed by atoms with E-state index < -0.39 is 10.0 Å². The summed E-state index contributed by atoms with van der Waals surface area (Å²) in [4.78, 5) is 0. The van der Waals surface area contributed by atoms with E-state index in [-0.39, 0.29) is 5.41 Å². The van der Waals surface area contributed by atoms with Gasteiger partial charge in [0.1, 0.15) is 0 Å². The molecule has 1 atom stereocenters. The molecule has 1 N–H and O–H groups in total. The van der Waals surface area contributed by atoms with Crippen LogP contribution in [0.25, 0.3) is 0 Å². The minimum atomic E-state index is -3.05. The molecule has 0 saturated heterocycles. The molecule has 0 aromatic rings. The fraction of sp³-hybridized carbons (Fsp3) is 1.00. The Morgan fingerprint density at radius 2 is 1.80 bits per heavy atom. The van der Waals surface area contributed by atoms with Gasteiger partial charge >= 0.3 is 0 Å². The van der Waals surface area contributed by atoms with Crippen LogP contribution >= 0.6 is 0 Å². The van der Waals surface area contributed by atoms with Gasteiger partial charge in [-0.05, 0) is 29.6 Å². The average Bonchev–Trinajstić information content (AvgIpc) is 2.19. The molecule has 1 aliphatic carbocycles. The third kappa shape index (κ3) is 2.72. The first-order valence-corrected chi connectivity index (χ1v) is 7.40. The van der Waals surface area contributed by atoms with E-state index in [1.54, 1.807) is 0 Å². The van der Waals surface area contributed by atoms with Crippen LogP contribution in [0.4, 0.5) is 0 Å². The maximum Gasteiger partial charge on any atom is 0.208 e. The first-order valence-electron chi connectivity index (χ1n) is 5.51. The normalized spacial score (nSPS) is 29.3. The molecule has 3 nitrogen and oxygen atoms in total. The number of hydrogen-bond donors (Lipinski definition) is 1. The molecule has 0 aromatic carbocycles. The molecule has 0 heterocycles. The van der Waals surface area contributed by atoms with Crippen molar-refractivity contribution in [1.82, 2.24) is 4.72 Å². The van der Waals surface area contributed by atoms with Crippen LogP contribution in [0.1, 0.15) is 40.5 Å². The van der Waals surface area contributed by atoms with Crippen LogP contribution in [0.5, 0.6) is 0 Å². The molecule has 0 unspecified atom stereocenters. The lowest BCUT2D eigenvalue weighted by Gasteiger charge is -2.39. The Hall–Kier alpha value is -0.0900. The number of sulfonamides is 1. The van der Waals surface area contributed by atoms with Gasteiger partial charge in [-0.25, -0.2) is 13.1 Å². The first kappa shape index (κ1) is 13.0. The van der Waals surface area contributed by atoms with E-state index in [0.717, 1.165) is 6.42 Å². The Bertz CT molecular complexity index is 330. The zero-order valence-corrected chi connectivity index (χ0v) is 11.2. The van der Waals surface area contributed by atoms with Gasteiger partial charge in [-0.2, -0.15) is 0 Å². The standard InChI is InChI=1S/C11H23NO2S/c1-10(2)7-6-9(11(10,3)4)8-12-15(5,13)14/h9,12H,6-8H2,1-5H3/t9-/m1/s1. The van der Waals surface area contributed by atoms with Crippen LogP contribution in [-0.2, 0) is 10.0 Å². The van der Waals surface area contributed by atoms with Gasteiger partial charge in [0.2, 0.25) is 10.0 Å². The summed E-state index contributed by atoms with van der Waals surface area (Å²) in [6.07, 6.45) is 3.51. The highest BCUT2D eigenvalue weighted by Gasteiger charge is 2.48. The fourth-order valence-electron chi connectivity index (χ4n) is 2.38. The summed E-state index contributed by atoms with van der Waals surface area (Å²) in [5, 5.41) is 0. The molecule has 1 saturated carbocycles. The Morgan fingerprint density at radius 3 is 2.13 bits per heavy atom. The summed E-state index contributed by atoms with van der Waals surface area (Å²) < 4.78 is 24.7. The van der Waals surface area contributed by atoms with Gasteiger partial charge in [0, 0.05) is 6.54 Å². The molecular weight excluding hydrogens is 210 g/mol. The second-order valence-corrected chi connectivity index (χ2v) is 7.79. The maximum atomic E-state index is 11.0. The van der Waals surface area contributed by atoms with Crippen LogP contribution in [0.2, 0.25) is 0 Å². The largest absolute Gasteiger partial charge is 0.215 e. The van der Waals surface area contributed by atoms with Crippen molar-refractivity contribution in [1.29, 1.82) is 0 Å². The molecule has 4 heteroatoms. The molecule has 0 amide bonds. The Balaban J connectivity index is 2.67. The minimum Gasteiger partial charge on any atom is -0.215 e. The van der Waals surface area contributed by atoms with E-state index >= 15 is 0 Å². The van der Waals surface area contributed by atoms with Crippen LogP contribution in [-0.4, -0.2) is 21.2 Å².